The van der Waals surface area contributed by atoms with Gasteiger partial charge in [0.2, 0.25) is 65.0 Å². The largest absolute Gasteiger partial charge is 0.508 e. The Kier molecular flexibility index (Phi) is 30.7. The second-order valence-electron chi connectivity index (χ2n) is 24.5. The topological polar surface area (TPSA) is 472 Å². The van der Waals surface area contributed by atoms with E-state index in [-0.39, 0.29) is 69.2 Å². The normalized spacial score (nSPS) is 19.8. The Morgan fingerprint density at radius 2 is 1.01 bits per heavy atom. The maximum atomic E-state index is 14.5. The number of thioether (sulfide) groups is 1. The molecule has 93 heavy (non-hydrogen) atoms. The van der Waals surface area contributed by atoms with Gasteiger partial charge in [0.05, 0.1) is 12.1 Å². The van der Waals surface area contributed by atoms with E-state index in [1.165, 1.54) is 71.5 Å². The molecule has 1 aromatic carbocycles. The van der Waals surface area contributed by atoms with Crippen molar-refractivity contribution in [3.8, 4) is 5.75 Å². The maximum Gasteiger partial charge on any atom is 0.326 e. The third-order valence-electron chi connectivity index (χ3n) is 16.7. The number of carboxylic acids is 3. The van der Waals surface area contributed by atoms with Crippen LogP contribution in [0.5, 0.6) is 5.75 Å². The highest BCUT2D eigenvalue weighted by molar-refractivity contribution is 7.98. The molecule has 3 aliphatic heterocycles. The number of benzene rings is 1. The van der Waals surface area contributed by atoms with Crippen molar-refractivity contribution in [3.63, 3.8) is 0 Å². The molecule has 3 aliphatic rings. The number of phenols is 1. The molecule has 0 spiro atoms. The van der Waals surface area contributed by atoms with Crippen LogP contribution in [-0.4, -0.2) is 233 Å². The van der Waals surface area contributed by atoms with E-state index in [0.29, 0.717) is 37.7 Å². The Balaban J connectivity index is 1.52. The molecule has 32 heteroatoms. The lowest BCUT2D eigenvalue weighted by atomic mass is 9.99. The second-order valence-corrected chi connectivity index (χ2v) is 25.4. The van der Waals surface area contributed by atoms with E-state index in [0.717, 1.165) is 0 Å². The highest BCUT2D eigenvalue weighted by atomic mass is 32.2. The van der Waals surface area contributed by atoms with Crippen molar-refractivity contribution >= 4 is 94.6 Å². The van der Waals surface area contributed by atoms with Gasteiger partial charge in [-0.3, -0.25) is 62.3 Å². The lowest BCUT2D eigenvalue weighted by Gasteiger charge is -2.33. The van der Waals surface area contributed by atoms with Crippen LogP contribution in [0, 0.1) is 11.8 Å². The molecule has 3 heterocycles. The number of aromatic hydroxyl groups is 1. The van der Waals surface area contributed by atoms with Crippen LogP contribution in [0.1, 0.15) is 138 Å². The molecule has 518 valence electrons. The van der Waals surface area contributed by atoms with Crippen molar-refractivity contribution in [1.82, 2.24) is 57.2 Å². The average Bonchev–Trinajstić information content (AvgIpc) is 1.71. The van der Waals surface area contributed by atoms with Gasteiger partial charge in [0.1, 0.15) is 72.2 Å². The van der Waals surface area contributed by atoms with Gasteiger partial charge in [0.25, 0.3) is 0 Å². The highest BCUT2D eigenvalue weighted by Crippen LogP contribution is 2.27. The standard InChI is InChI=1S/C61H94N12O19S/c1-9-32(4)48(61(91)92)69-50(80)33(5)63-51(81)39(20-22-46(76)77)65-53(83)41(24-28-93-8)66-54(84)42(30-36-16-18-37(75)19-17-36)68-52(82)40(21-23-47(78)79)67-55(85)43-13-11-26-72(43)60(90)45-15-12-27-73(45)58(88)34(6)64-57(87)49(35(7)74)70-56(86)44-14-10-25-71(44)59(89)38(62)29-31(2)3/h16-19,31-35,38-45,48-49,74-75H,9-15,20-30,62H2,1-8H3,(H,63,81)(H,64,87)(H,65,83)(H,66,84)(H,67,85)(H,68,82)(H,69,80)(H,70,86)(H,76,77)(H,78,79)(H,91,92)/t32-,33-,34-,35+,38-,39-,40-,41-,42-,43-,44-,45-,48-,49-/m0/s1. The summed E-state index contributed by atoms with van der Waals surface area (Å²) in [5.41, 5.74) is 6.51. The molecule has 3 fully saturated rings. The summed E-state index contributed by atoms with van der Waals surface area (Å²) in [5.74, 6) is -13.5. The first-order chi connectivity index (χ1) is 43.8. The fourth-order valence-electron chi connectivity index (χ4n) is 11.3. The van der Waals surface area contributed by atoms with Crippen LogP contribution in [0.2, 0.25) is 0 Å². The molecule has 0 unspecified atom stereocenters. The summed E-state index contributed by atoms with van der Waals surface area (Å²) in [6.45, 7) is 11.4. The summed E-state index contributed by atoms with van der Waals surface area (Å²) in [4.78, 5) is 193. The number of carbonyl (C=O) groups excluding carboxylic acids is 11. The highest BCUT2D eigenvalue weighted by Gasteiger charge is 2.45. The van der Waals surface area contributed by atoms with Crippen molar-refractivity contribution in [2.24, 2.45) is 17.6 Å². The molecule has 14 atom stereocenters. The van der Waals surface area contributed by atoms with Gasteiger partial charge in [-0.25, -0.2) is 4.79 Å². The molecule has 1 aromatic rings. The molecule has 11 amide bonds. The molecule has 0 radical (unpaired) electrons. The number of rotatable bonds is 36. The number of likely N-dealkylation sites (tertiary alicyclic amines) is 3. The summed E-state index contributed by atoms with van der Waals surface area (Å²) >= 11 is 1.27. The van der Waals surface area contributed by atoms with Crippen molar-refractivity contribution in [2.45, 2.75) is 217 Å². The van der Waals surface area contributed by atoms with E-state index in [4.69, 9.17) is 5.73 Å². The number of nitrogens with two attached hydrogens (primary N) is 1. The number of nitrogens with zero attached hydrogens (tertiary/aromatic N) is 3. The zero-order valence-electron chi connectivity index (χ0n) is 54.0. The molecule has 15 N–H and O–H groups in total. The van der Waals surface area contributed by atoms with E-state index in [9.17, 15) is 92.7 Å². The molecule has 3 saturated heterocycles. The number of phenolic OH excluding ortho intramolecular Hbond substituents is 1. The van der Waals surface area contributed by atoms with Gasteiger partial charge in [0, 0.05) is 38.9 Å². The summed E-state index contributed by atoms with van der Waals surface area (Å²) in [6, 6.07) is -10.6. The Hall–Kier alpha value is -8.13. The Bertz CT molecular complexity index is 2850. The number of amides is 11. The van der Waals surface area contributed by atoms with Gasteiger partial charge in [-0.2, -0.15) is 11.8 Å². The van der Waals surface area contributed by atoms with Crippen LogP contribution in [0.3, 0.4) is 0 Å². The van der Waals surface area contributed by atoms with Crippen LogP contribution >= 0.6 is 11.8 Å². The fraction of sp³-hybridized carbons (Fsp3) is 0.672. The van der Waals surface area contributed by atoms with Crippen LogP contribution in [0.15, 0.2) is 24.3 Å². The second kappa shape index (κ2) is 36.9. The van der Waals surface area contributed by atoms with Crippen molar-refractivity contribution < 1.29 is 92.7 Å². The predicted molar refractivity (Wildman–Crippen MR) is 336 cm³/mol. The zero-order chi connectivity index (χ0) is 69.6. The summed E-state index contributed by atoms with van der Waals surface area (Å²) in [6.07, 6.45) is -0.0857. The Labute approximate surface area is 544 Å². The van der Waals surface area contributed by atoms with Gasteiger partial charge < -0.3 is 88.5 Å². The smallest absolute Gasteiger partial charge is 0.326 e. The fourth-order valence-corrected chi connectivity index (χ4v) is 11.7. The molecule has 31 nitrogen and oxygen atoms in total. The first kappa shape index (κ1) is 77.3. The number of aliphatic hydroxyl groups is 1. The minimum absolute atomic E-state index is 0.0338. The van der Waals surface area contributed by atoms with E-state index < -0.39 is 193 Å². The lowest BCUT2D eigenvalue weighted by Crippen LogP contribution is -2.61. The van der Waals surface area contributed by atoms with Gasteiger partial charge in [0.15, 0.2) is 0 Å². The number of hydrogen-bond donors (Lipinski definition) is 14. The molecular weight excluding hydrogens is 1240 g/mol. The van der Waals surface area contributed by atoms with Crippen LogP contribution in [0.4, 0.5) is 0 Å². The molecule has 0 aliphatic carbocycles. The number of carboxylic acid groups (broad SMARTS) is 3. The van der Waals surface area contributed by atoms with Crippen LogP contribution in [-0.2, 0) is 73.5 Å². The predicted octanol–water partition coefficient (Wildman–Crippen LogP) is -1.81. The van der Waals surface area contributed by atoms with E-state index >= 15 is 0 Å². The minimum atomic E-state index is -1.67. The summed E-state index contributed by atoms with van der Waals surface area (Å²) < 4.78 is 0. The van der Waals surface area contributed by atoms with Crippen LogP contribution < -0.4 is 48.3 Å². The van der Waals surface area contributed by atoms with Gasteiger partial charge in [-0.05, 0) is 127 Å². The van der Waals surface area contributed by atoms with Gasteiger partial charge in [-0.15, -0.1) is 0 Å². The number of hydrogen-bond acceptors (Lipinski definition) is 18. The quantitative estimate of drug-likeness (QED) is 0.0352. The SMILES string of the molecule is CC[C@H](C)[C@H](NC(=O)[C@H](C)NC(=O)[C@H](CCC(=O)O)NC(=O)[C@H](CCSC)NC(=O)[C@H](Cc1ccc(O)cc1)NC(=O)[C@H](CCC(=O)O)NC(=O)[C@@H]1CCCN1C(=O)[C@@H]1CCCN1C(=O)[C@H](C)NC(=O)[C@@H](NC(=O)[C@@H]1CCCN1C(=O)[C@@H](N)CC(C)C)[C@@H](C)O)C(=O)O. The minimum Gasteiger partial charge on any atom is -0.508 e. The Morgan fingerprint density at radius 3 is 1.53 bits per heavy atom. The molecule has 0 saturated carbocycles. The molecule has 0 aromatic heterocycles. The van der Waals surface area contributed by atoms with Gasteiger partial charge in [-0.1, -0.05) is 46.2 Å². The third kappa shape index (κ3) is 23.1. The first-order valence-corrected chi connectivity index (χ1v) is 32.9. The average molecular weight is 1330 g/mol. The van der Waals surface area contributed by atoms with Crippen molar-refractivity contribution in [1.29, 1.82) is 0 Å². The molecular formula is C61H94N12O19S. The van der Waals surface area contributed by atoms with Crippen molar-refractivity contribution in [3.05, 3.63) is 29.8 Å². The maximum absolute atomic E-state index is 14.5. The monoisotopic (exact) mass is 1330 g/mol. The van der Waals surface area contributed by atoms with Crippen LogP contribution in [0.25, 0.3) is 0 Å². The first-order valence-electron chi connectivity index (χ1n) is 31.5. The summed E-state index contributed by atoms with van der Waals surface area (Å²) in [7, 11) is 0. The summed E-state index contributed by atoms with van der Waals surface area (Å²) in [5, 5.41) is 69.7. The number of aliphatic hydroxyl groups excluding tert-OH is 1. The Morgan fingerprint density at radius 1 is 0.548 bits per heavy atom. The van der Waals surface area contributed by atoms with E-state index in [1.807, 2.05) is 13.8 Å². The number of carbonyl (C=O) groups is 14. The van der Waals surface area contributed by atoms with Crippen molar-refractivity contribution in [2.75, 3.05) is 31.6 Å². The van der Waals surface area contributed by atoms with E-state index in [2.05, 4.69) is 42.5 Å². The van der Waals surface area contributed by atoms with Gasteiger partial charge >= 0.3 is 17.9 Å². The number of nitrogens with one attached hydrogen (secondary N) is 8. The van der Waals surface area contributed by atoms with E-state index in [1.54, 1.807) is 20.1 Å². The lowest BCUT2D eigenvalue weighted by molar-refractivity contribution is -0.148. The molecule has 0 bridgehead atoms. The molecule has 4 rings (SSSR count). The zero-order valence-corrected chi connectivity index (χ0v) is 54.8. The third-order valence-corrected chi connectivity index (χ3v) is 17.3. The number of aliphatic carboxylic acids is 3.